The van der Waals surface area contributed by atoms with Crippen molar-refractivity contribution in [2.24, 2.45) is 0 Å². The first-order valence-electron chi connectivity index (χ1n) is 5.07. The highest BCUT2D eigenvalue weighted by Crippen LogP contribution is 1.97. The number of carboxylic acids is 1. The number of aryl methyl sites for hydroxylation is 1. The molecule has 0 aliphatic heterocycles. The molecular weight excluding hydrogens is 212 g/mol. The van der Waals surface area contributed by atoms with E-state index in [-0.39, 0.29) is 5.69 Å². The van der Waals surface area contributed by atoms with Crippen LogP contribution in [-0.2, 0) is 16.0 Å². The van der Waals surface area contributed by atoms with E-state index in [1.165, 1.54) is 6.07 Å². The zero-order chi connectivity index (χ0) is 11.8. The molecule has 6 heteroatoms. The maximum absolute atomic E-state index is 10.5. The minimum atomic E-state index is -1.00. The third-order valence-corrected chi connectivity index (χ3v) is 1.97. The van der Waals surface area contributed by atoms with Crippen LogP contribution in [-0.4, -0.2) is 47.8 Å². The van der Waals surface area contributed by atoms with Crippen molar-refractivity contribution >= 4 is 5.97 Å². The van der Waals surface area contributed by atoms with Crippen LogP contribution in [0.15, 0.2) is 12.3 Å². The normalized spacial score (nSPS) is 10.6. The van der Waals surface area contributed by atoms with Gasteiger partial charge in [-0.25, -0.2) is 4.79 Å². The lowest BCUT2D eigenvalue weighted by molar-refractivity contribution is 0.0672. The summed E-state index contributed by atoms with van der Waals surface area (Å²) in [4.78, 5) is 10.5. The molecule has 16 heavy (non-hydrogen) atoms. The van der Waals surface area contributed by atoms with E-state index in [1.807, 2.05) is 0 Å². The van der Waals surface area contributed by atoms with Gasteiger partial charge >= 0.3 is 5.97 Å². The first-order chi connectivity index (χ1) is 7.74. The van der Waals surface area contributed by atoms with E-state index in [2.05, 4.69) is 5.10 Å². The van der Waals surface area contributed by atoms with Crippen LogP contribution in [0.5, 0.6) is 0 Å². The number of aromatic nitrogens is 2. The van der Waals surface area contributed by atoms with Crippen LogP contribution in [0.25, 0.3) is 0 Å². The van der Waals surface area contributed by atoms with Crippen molar-refractivity contribution in [3.05, 3.63) is 18.0 Å². The van der Waals surface area contributed by atoms with Crippen LogP contribution in [0, 0.1) is 0 Å². The summed E-state index contributed by atoms with van der Waals surface area (Å²) in [7, 11) is 1.63. The molecule has 1 N–H and O–H groups in total. The number of nitrogens with zero attached hydrogens (tertiary/aromatic N) is 2. The fraction of sp³-hybridized carbons (Fsp3) is 0.600. The molecule has 0 unspecified atom stereocenters. The van der Waals surface area contributed by atoms with Gasteiger partial charge in [-0.3, -0.25) is 4.68 Å². The minimum absolute atomic E-state index is 0.0697. The van der Waals surface area contributed by atoms with Crippen LogP contribution >= 0.6 is 0 Å². The smallest absolute Gasteiger partial charge is 0.356 e. The first-order valence-corrected chi connectivity index (χ1v) is 5.07. The zero-order valence-corrected chi connectivity index (χ0v) is 9.26. The van der Waals surface area contributed by atoms with Crippen molar-refractivity contribution in [1.82, 2.24) is 9.78 Å². The van der Waals surface area contributed by atoms with Crippen LogP contribution in [0.1, 0.15) is 16.9 Å². The Labute approximate surface area is 93.8 Å². The predicted molar refractivity (Wildman–Crippen MR) is 56.5 cm³/mol. The van der Waals surface area contributed by atoms with Crippen molar-refractivity contribution < 1.29 is 19.4 Å². The molecule has 90 valence electrons. The molecule has 0 saturated carbocycles. The van der Waals surface area contributed by atoms with Gasteiger partial charge in [-0.2, -0.15) is 5.10 Å². The molecule has 0 spiro atoms. The largest absolute Gasteiger partial charge is 0.476 e. The molecule has 0 radical (unpaired) electrons. The second-order valence-electron chi connectivity index (χ2n) is 3.23. The zero-order valence-electron chi connectivity index (χ0n) is 9.26. The lowest BCUT2D eigenvalue weighted by atomic mass is 10.4. The monoisotopic (exact) mass is 228 g/mol. The van der Waals surface area contributed by atoms with Gasteiger partial charge in [0.05, 0.1) is 13.2 Å². The molecule has 0 aliphatic rings. The number of hydrogen-bond donors (Lipinski definition) is 1. The van der Waals surface area contributed by atoms with E-state index in [9.17, 15) is 4.79 Å². The molecule has 0 atom stereocenters. The van der Waals surface area contributed by atoms with E-state index >= 15 is 0 Å². The summed E-state index contributed by atoms with van der Waals surface area (Å²) in [6.45, 7) is 2.44. The second-order valence-corrected chi connectivity index (χ2v) is 3.23. The summed E-state index contributed by atoms with van der Waals surface area (Å²) in [5.74, 6) is -1.00. The van der Waals surface area contributed by atoms with Crippen LogP contribution in [0.2, 0.25) is 0 Å². The maximum atomic E-state index is 10.5. The van der Waals surface area contributed by atoms with Gasteiger partial charge in [0.1, 0.15) is 0 Å². The van der Waals surface area contributed by atoms with E-state index < -0.39 is 5.97 Å². The molecule has 0 aromatic carbocycles. The number of methoxy groups -OCH3 is 1. The Hall–Kier alpha value is -1.40. The number of hydrogen-bond acceptors (Lipinski definition) is 4. The van der Waals surface area contributed by atoms with Crippen LogP contribution in [0.3, 0.4) is 0 Å². The Balaban J connectivity index is 2.14. The van der Waals surface area contributed by atoms with E-state index in [1.54, 1.807) is 18.0 Å². The third-order valence-electron chi connectivity index (χ3n) is 1.97. The van der Waals surface area contributed by atoms with E-state index in [0.29, 0.717) is 26.4 Å². The number of carboxylic acid groups (broad SMARTS) is 1. The Kier molecular flexibility index (Phi) is 5.52. The quantitative estimate of drug-likeness (QED) is 0.661. The summed E-state index contributed by atoms with van der Waals surface area (Å²) >= 11 is 0. The molecule has 1 aromatic heterocycles. The summed E-state index contributed by atoms with van der Waals surface area (Å²) in [6, 6.07) is 1.48. The highest BCUT2D eigenvalue weighted by Gasteiger charge is 2.05. The standard InChI is InChI=1S/C10H16N2O4/c1-15-7-8-16-6-2-4-12-5-3-9(11-12)10(13)14/h3,5H,2,4,6-8H2,1H3,(H,13,14). The average Bonchev–Trinajstić information content (AvgIpc) is 2.72. The van der Waals surface area contributed by atoms with E-state index in [4.69, 9.17) is 14.6 Å². The van der Waals surface area contributed by atoms with Gasteiger partial charge in [0, 0.05) is 26.5 Å². The van der Waals surface area contributed by atoms with Crippen LogP contribution in [0.4, 0.5) is 0 Å². The number of carbonyl (C=O) groups is 1. The molecule has 0 amide bonds. The average molecular weight is 228 g/mol. The van der Waals surface area contributed by atoms with Crippen molar-refractivity contribution in [2.45, 2.75) is 13.0 Å². The lowest BCUT2D eigenvalue weighted by Gasteiger charge is -2.03. The van der Waals surface area contributed by atoms with Crippen molar-refractivity contribution in [3.8, 4) is 0 Å². The van der Waals surface area contributed by atoms with Gasteiger partial charge in [0.15, 0.2) is 5.69 Å². The van der Waals surface area contributed by atoms with Gasteiger partial charge in [-0.05, 0) is 12.5 Å². The Bertz CT molecular complexity index is 324. The Morgan fingerprint density at radius 2 is 2.31 bits per heavy atom. The fourth-order valence-electron chi connectivity index (χ4n) is 1.17. The van der Waals surface area contributed by atoms with Gasteiger partial charge in [0.25, 0.3) is 0 Å². The summed E-state index contributed by atoms with van der Waals surface area (Å²) in [6.07, 6.45) is 2.45. The molecule has 0 bridgehead atoms. The topological polar surface area (TPSA) is 73.6 Å². The molecule has 6 nitrogen and oxygen atoms in total. The lowest BCUT2D eigenvalue weighted by Crippen LogP contribution is -2.07. The van der Waals surface area contributed by atoms with Crippen LogP contribution < -0.4 is 0 Å². The number of rotatable bonds is 8. The molecule has 0 saturated heterocycles. The van der Waals surface area contributed by atoms with Gasteiger partial charge in [0.2, 0.25) is 0 Å². The third kappa shape index (κ3) is 4.41. The molecule has 0 aliphatic carbocycles. The van der Waals surface area contributed by atoms with Gasteiger partial charge in [-0.1, -0.05) is 0 Å². The molecule has 1 aromatic rings. The maximum Gasteiger partial charge on any atom is 0.356 e. The Morgan fingerprint density at radius 1 is 1.50 bits per heavy atom. The highest BCUT2D eigenvalue weighted by atomic mass is 16.5. The van der Waals surface area contributed by atoms with Crippen molar-refractivity contribution in [1.29, 1.82) is 0 Å². The SMILES string of the molecule is COCCOCCCn1ccc(C(=O)O)n1. The summed E-state index contributed by atoms with van der Waals surface area (Å²) < 4.78 is 11.7. The highest BCUT2D eigenvalue weighted by molar-refractivity contribution is 5.84. The summed E-state index contributed by atoms with van der Waals surface area (Å²) in [5.41, 5.74) is 0.0697. The summed E-state index contributed by atoms with van der Waals surface area (Å²) in [5, 5.41) is 12.5. The molecule has 1 heterocycles. The van der Waals surface area contributed by atoms with E-state index in [0.717, 1.165) is 6.42 Å². The second kappa shape index (κ2) is 6.97. The number of aromatic carboxylic acids is 1. The number of ether oxygens (including phenoxy) is 2. The van der Waals surface area contributed by atoms with Gasteiger partial charge in [-0.15, -0.1) is 0 Å². The first kappa shape index (κ1) is 12.7. The Morgan fingerprint density at radius 3 is 2.94 bits per heavy atom. The molecule has 1 rings (SSSR count). The molecular formula is C10H16N2O4. The van der Waals surface area contributed by atoms with Gasteiger partial charge < -0.3 is 14.6 Å². The predicted octanol–water partition coefficient (Wildman–Crippen LogP) is 0.634. The molecule has 0 fully saturated rings. The van der Waals surface area contributed by atoms with Crippen molar-refractivity contribution in [3.63, 3.8) is 0 Å². The fourth-order valence-corrected chi connectivity index (χ4v) is 1.17. The van der Waals surface area contributed by atoms with Crippen molar-refractivity contribution in [2.75, 3.05) is 26.9 Å². The minimum Gasteiger partial charge on any atom is -0.476 e.